The van der Waals surface area contributed by atoms with Crippen LogP contribution in [0.1, 0.15) is 46.0 Å². The zero-order chi connectivity index (χ0) is 8.69. The van der Waals surface area contributed by atoms with Crippen LogP contribution in [0, 0.1) is 5.92 Å². The van der Waals surface area contributed by atoms with Crippen molar-refractivity contribution in [3.8, 4) is 0 Å². The Morgan fingerprint density at radius 2 is 2.09 bits per heavy atom. The minimum Gasteiger partial charge on any atom is -0.502 e. The van der Waals surface area contributed by atoms with Crippen molar-refractivity contribution < 1.29 is 5.11 Å². The molecule has 1 unspecified atom stereocenters. The third-order valence-corrected chi connectivity index (χ3v) is 2.17. The third kappa shape index (κ3) is 6.29. The van der Waals surface area contributed by atoms with Gasteiger partial charge in [0.15, 0.2) is 5.05 Å². The molecule has 0 radical (unpaired) electrons. The summed E-state index contributed by atoms with van der Waals surface area (Å²) in [5.74, 6) is 0.604. The van der Waals surface area contributed by atoms with Crippen LogP contribution in [0.25, 0.3) is 0 Å². The summed E-state index contributed by atoms with van der Waals surface area (Å²) in [5, 5.41) is 9.06. The van der Waals surface area contributed by atoms with Crippen molar-refractivity contribution in [2.45, 2.75) is 46.0 Å². The molecule has 0 amide bonds. The van der Waals surface area contributed by atoms with E-state index in [1.54, 1.807) is 0 Å². The molecule has 0 rings (SSSR count). The number of rotatable bonds is 6. The molecule has 0 aliphatic heterocycles. The van der Waals surface area contributed by atoms with Crippen LogP contribution < -0.4 is 0 Å². The monoisotopic (exact) mass is 174 g/mol. The fraction of sp³-hybridized carbons (Fsp3) is 0.889. The van der Waals surface area contributed by atoms with Gasteiger partial charge >= 0.3 is 0 Å². The summed E-state index contributed by atoms with van der Waals surface area (Å²) in [6.07, 6.45) is 5.52. The summed E-state index contributed by atoms with van der Waals surface area (Å²) in [6, 6.07) is 0. The van der Waals surface area contributed by atoms with E-state index in [1.807, 2.05) is 0 Å². The van der Waals surface area contributed by atoms with Crippen LogP contribution in [-0.4, -0.2) is 10.2 Å². The second-order valence-corrected chi connectivity index (χ2v) is 3.49. The van der Waals surface area contributed by atoms with Crippen LogP contribution in [-0.2, 0) is 0 Å². The highest BCUT2D eigenvalue weighted by molar-refractivity contribution is 7.80. The number of thiocarbonyl (C=S) groups is 1. The van der Waals surface area contributed by atoms with Crippen LogP contribution in [0.2, 0.25) is 0 Å². The van der Waals surface area contributed by atoms with Crippen molar-refractivity contribution in [1.82, 2.24) is 0 Å². The van der Waals surface area contributed by atoms with Crippen molar-refractivity contribution in [2.24, 2.45) is 5.92 Å². The largest absolute Gasteiger partial charge is 0.502 e. The Kier molecular flexibility index (Phi) is 6.52. The summed E-state index contributed by atoms with van der Waals surface area (Å²) in [4.78, 5) is 0. The van der Waals surface area contributed by atoms with Crippen molar-refractivity contribution in [1.29, 1.82) is 0 Å². The summed E-state index contributed by atoms with van der Waals surface area (Å²) >= 11 is 4.64. The van der Waals surface area contributed by atoms with E-state index >= 15 is 0 Å². The maximum absolute atomic E-state index is 8.88. The standard InChI is InChI=1S/C9H18OS/c1-3-5-6-8(4-2)7-9(10)11/h8H,3-7H2,1-2H3,(H,10,11). The summed E-state index contributed by atoms with van der Waals surface area (Å²) in [5.41, 5.74) is 0. The van der Waals surface area contributed by atoms with Gasteiger partial charge in [-0.2, -0.15) is 0 Å². The van der Waals surface area contributed by atoms with Crippen LogP contribution in [0.15, 0.2) is 0 Å². The first-order chi connectivity index (χ1) is 5.20. The van der Waals surface area contributed by atoms with Gasteiger partial charge in [0.05, 0.1) is 0 Å². The zero-order valence-corrected chi connectivity index (χ0v) is 8.28. The third-order valence-electron chi connectivity index (χ3n) is 2.01. The summed E-state index contributed by atoms with van der Waals surface area (Å²) < 4.78 is 0. The first-order valence-electron chi connectivity index (χ1n) is 4.42. The molecule has 0 heterocycles. The maximum Gasteiger partial charge on any atom is 0.156 e. The quantitative estimate of drug-likeness (QED) is 0.622. The van der Waals surface area contributed by atoms with Gasteiger partial charge in [0, 0.05) is 6.42 Å². The predicted octanol–water partition coefficient (Wildman–Crippen LogP) is 3.48. The fourth-order valence-electron chi connectivity index (χ4n) is 1.19. The molecule has 66 valence electrons. The van der Waals surface area contributed by atoms with Gasteiger partial charge in [-0.15, -0.1) is 0 Å². The summed E-state index contributed by atoms with van der Waals surface area (Å²) in [7, 11) is 0. The molecular weight excluding hydrogens is 156 g/mol. The van der Waals surface area contributed by atoms with E-state index in [4.69, 9.17) is 5.11 Å². The number of hydrogen-bond acceptors (Lipinski definition) is 1. The molecule has 1 N–H and O–H groups in total. The summed E-state index contributed by atoms with van der Waals surface area (Å²) in [6.45, 7) is 4.34. The lowest BCUT2D eigenvalue weighted by atomic mass is 9.96. The average Bonchev–Trinajstić information content (AvgIpc) is 1.97. The number of unbranched alkanes of at least 4 members (excludes halogenated alkanes) is 1. The molecule has 1 atom stereocenters. The van der Waals surface area contributed by atoms with Crippen LogP contribution in [0.4, 0.5) is 0 Å². The molecule has 2 heteroatoms. The van der Waals surface area contributed by atoms with Gasteiger partial charge in [0.2, 0.25) is 0 Å². The normalized spacial score (nSPS) is 12.9. The second-order valence-electron chi connectivity index (χ2n) is 3.01. The Bertz CT molecular complexity index is 112. The Morgan fingerprint density at radius 1 is 1.45 bits per heavy atom. The molecule has 1 nitrogen and oxygen atoms in total. The van der Waals surface area contributed by atoms with Gasteiger partial charge in [0.1, 0.15) is 0 Å². The van der Waals surface area contributed by atoms with Gasteiger partial charge in [-0.1, -0.05) is 39.5 Å². The highest BCUT2D eigenvalue weighted by Gasteiger charge is 2.07. The van der Waals surface area contributed by atoms with Crippen LogP contribution >= 0.6 is 12.2 Å². The van der Waals surface area contributed by atoms with Crippen molar-refractivity contribution in [3.05, 3.63) is 0 Å². The molecular formula is C9H18OS. The first-order valence-corrected chi connectivity index (χ1v) is 4.83. The molecule has 0 spiro atoms. The maximum atomic E-state index is 8.88. The zero-order valence-electron chi connectivity index (χ0n) is 7.47. The lowest BCUT2D eigenvalue weighted by Crippen LogP contribution is -2.04. The number of aliphatic hydroxyl groups excluding tert-OH is 1. The van der Waals surface area contributed by atoms with E-state index in [0.717, 1.165) is 6.42 Å². The molecule has 0 saturated heterocycles. The molecule has 11 heavy (non-hydrogen) atoms. The van der Waals surface area contributed by atoms with Crippen molar-refractivity contribution in [2.75, 3.05) is 0 Å². The van der Waals surface area contributed by atoms with E-state index in [2.05, 4.69) is 26.1 Å². The smallest absolute Gasteiger partial charge is 0.156 e. The molecule has 0 bridgehead atoms. The van der Waals surface area contributed by atoms with Gasteiger partial charge in [0.25, 0.3) is 0 Å². The van der Waals surface area contributed by atoms with E-state index in [9.17, 15) is 0 Å². The average molecular weight is 174 g/mol. The fourth-order valence-corrected chi connectivity index (χ4v) is 1.43. The van der Waals surface area contributed by atoms with Crippen molar-refractivity contribution in [3.63, 3.8) is 0 Å². The molecule has 0 aliphatic carbocycles. The first kappa shape index (κ1) is 10.9. The van der Waals surface area contributed by atoms with Crippen molar-refractivity contribution >= 4 is 17.3 Å². The lowest BCUT2D eigenvalue weighted by molar-refractivity contribution is 0.434. The highest BCUT2D eigenvalue weighted by atomic mass is 32.1. The molecule has 0 saturated carbocycles. The minimum atomic E-state index is 0.174. The van der Waals surface area contributed by atoms with E-state index in [1.165, 1.54) is 19.3 Å². The second kappa shape index (κ2) is 6.59. The lowest BCUT2D eigenvalue weighted by Gasteiger charge is -2.11. The SMILES string of the molecule is CCCCC(CC)CC(O)=S. The molecule has 0 aromatic carbocycles. The molecule has 0 aromatic heterocycles. The molecule has 0 aliphatic rings. The number of aliphatic hydroxyl groups is 1. The molecule has 0 aromatic rings. The Morgan fingerprint density at radius 3 is 2.45 bits per heavy atom. The van der Waals surface area contributed by atoms with Crippen LogP contribution in [0.5, 0.6) is 0 Å². The molecule has 0 fully saturated rings. The van der Waals surface area contributed by atoms with Gasteiger partial charge in [-0.05, 0) is 18.1 Å². The highest BCUT2D eigenvalue weighted by Crippen LogP contribution is 2.16. The van der Waals surface area contributed by atoms with E-state index in [0.29, 0.717) is 12.3 Å². The van der Waals surface area contributed by atoms with Gasteiger partial charge in [-0.25, -0.2) is 0 Å². The minimum absolute atomic E-state index is 0.174. The Balaban J connectivity index is 3.49. The Hall–Kier alpha value is -0.110. The van der Waals surface area contributed by atoms with Gasteiger partial charge < -0.3 is 5.11 Å². The Labute approximate surface area is 74.8 Å². The van der Waals surface area contributed by atoms with Crippen LogP contribution in [0.3, 0.4) is 0 Å². The van der Waals surface area contributed by atoms with E-state index in [-0.39, 0.29) is 5.05 Å². The van der Waals surface area contributed by atoms with E-state index < -0.39 is 0 Å². The predicted molar refractivity (Wildman–Crippen MR) is 53.1 cm³/mol. The topological polar surface area (TPSA) is 20.2 Å². The number of hydrogen-bond donors (Lipinski definition) is 1. The van der Waals surface area contributed by atoms with Gasteiger partial charge in [-0.3, -0.25) is 0 Å².